The van der Waals surface area contributed by atoms with Crippen LogP contribution in [0.4, 0.5) is 0 Å². The summed E-state index contributed by atoms with van der Waals surface area (Å²) in [5.74, 6) is -1.05. The summed E-state index contributed by atoms with van der Waals surface area (Å²) >= 11 is 6.08. The molecule has 1 unspecified atom stereocenters. The number of nitrogens with one attached hydrogen (secondary N) is 2. The van der Waals surface area contributed by atoms with Gasteiger partial charge in [-0.2, -0.15) is 4.99 Å². The Labute approximate surface area is 127 Å². The molecule has 0 saturated carbocycles. The second kappa shape index (κ2) is 5.95. The predicted octanol–water partition coefficient (Wildman–Crippen LogP) is 1.48. The molecule has 2 aliphatic heterocycles. The standard InChI is InChI=1S/C15H16ClN3O2/c16-11-4-2-1-3-10(11)12-14(20)18-13(19-15(12)21)9-5-7-17-8-6-9/h1-4,9,12,17H,5-8H2,(H,18,19,20,21). The molecule has 0 spiro atoms. The summed E-state index contributed by atoms with van der Waals surface area (Å²) in [5.41, 5.74) is 0.509. The van der Waals surface area contributed by atoms with Gasteiger partial charge in [0.1, 0.15) is 11.8 Å². The maximum absolute atomic E-state index is 12.3. The van der Waals surface area contributed by atoms with Crippen molar-refractivity contribution < 1.29 is 9.59 Å². The number of hydrogen-bond donors (Lipinski definition) is 2. The molecule has 3 rings (SSSR count). The van der Waals surface area contributed by atoms with Gasteiger partial charge in [0.25, 0.3) is 5.91 Å². The number of hydrogen-bond acceptors (Lipinski definition) is 3. The van der Waals surface area contributed by atoms with Crippen molar-refractivity contribution in [2.24, 2.45) is 10.9 Å². The van der Waals surface area contributed by atoms with E-state index in [1.165, 1.54) is 0 Å². The van der Waals surface area contributed by atoms with Crippen molar-refractivity contribution in [1.82, 2.24) is 10.6 Å². The van der Waals surface area contributed by atoms with Gasteiger partial charge in [0.15, 0.2) is 0 Å². The Kier molecular flexibility index (Phi) is 4.03. The molecule has 0 aliphatic carbocycles. The lowest BCUT2D eigenvalue weighted by molar-refractivity contribution is -0.130. The van der Waals surface area contributed by atoms with Crippen LogP contribution in [0.25, 0.3) is 0 Å². The highest BCUT2D eigenvalue weighted by atomic mass is 35.5. The van der Waals surface area contributed by atoms with E-state index < -0.39 is 11.8 Å². The molecule has 5 nitrogen and oxygen atoms in total. The summed E-state index contributed by atoms with van der Waals surface area (Å²) in [7, 11) is 0. The average Bonchev–Trinajstić information content (AvgIpc) is 2.49. The third kappa shape index (κ3) is 2.84. The SMILES string of the molecule is O=C1N=C(C2CCNCC2)NC(=O)C1c1ccccc1Cl. The first-order valence-electron chi connectivity index (χ1n) is 7.05. The number of piperidine rings is 1. The topological polar surface area (TPSA) is 70.6 Å². The fourth-order valence-electron chi connectivity index (χ4n) is 2.79. The normalized spacial score (nSPS) is 23.7. The van der Waals surface area contributed by atoms with Crippen LogP contribution in [-0.4, -0.2) is 30.7 Å². The molecule has 2 N–H and O–H groups in total. The number of carbonyl (C=O) groups excluding carboxylic acids is 2. The Bertz CT molecular complexity index is 609. The average molecular weight is 306 g/mol. The highest BCUT2D eigenvalue weighted by Crippen LogP contribution is 2.28. The zero-order valence-corrected chi connectivity index (χ0v) is 12.2. The van der Waals surface area contributed by atoms with Gasteiger partial charge in [-0.25, -0.2) is 0 Å². The monoisotopic (exact) mass is 305 g/mol. The van der Waals surface area contributed by atoms with Crippen molar-refractivity contribution in [2.45, 2.75) is 18.8 Å². The molecule has 1 aromatic rings. The largest absolute Gasteiger partial charge is 0.317 e. The van der Waals surface area contributed by atoms with E-state index in [1.807, 2.05) is 0 Å². The lowest BCUT2D eigenvalue weighted by Gasteiger charge is -2.28. The lowest BCUT2D eigenvalue weighted by Crippen LogP contribution is -2.47. The van der Waals surface area contributed by atoms with E-state index in [0.29, 0.717) is 16.4 Å². The van der Waals surface area contributed by atoms with E-state index >= 15 is 0 Å². The molecule has 2 amide bonds. The molecular weight excluding hydrogens is 290 g/mol. The highest BCUT2D eigenvalue weighted by molar-refractivity contribution is 6.32. The molecule has 1 aromatic carbocycles. The first kappa shape index (κ1) is 14.2. The summed E-state index contributed by atoms with van der Waals surface area (Å²) in [6.45, 7) is 1.75. The van der Waals surface area contributed by atoms with Gasteiger partial charge >= 0.3 is 0 Å². The van der Waals surface area contributed by atoms with Crippen LogP contribution in [0.15, 0.2) is 29.3 Å². The molecule has 0 bridgehead atoms. The predicted molar refractivity (Wildman–Crippen MR) is 80.4 cm³/mol. The van der Waals surface area contributed by atoms with E-state index in [1.54, 1.807) is 24.3 Å². The summed E-state index contributed by atoms with van der Waals surface area (Å²) < 4.78 is 0. The quantitative estimate of drug-likeness (QED) is 0.813. The van der Waals surface area contributed by atoms with Crippen molar-refractivity contribution >= 4 is 29.3 Å². The van der Waals surface area contributed by atoms with E-state index in [2.05, 4.69) is 15.6 Å². The highest BCUT2D eigenvalue weighted by Gasteiger charge is 2.36. The van der Waals surface area contributed by atoms with Crippen LogP contribution < -0.4 is 10.6 Å². The molecule has 1 saturated heterocycles. The van der Waals surface area contributed by atoms with Crippen molar-refractivity contribution in [3.05, 3.63) is 34.9 Å². The maximum Gasteiger partial charge on any atom is 0.264 e. The van der Waals surface area contributed by atoms with Crippen LogP contribution in [-0.2, 0) is 9.59 Å². The minimum atomic E-state index is -0.941. The second-order valence-corrected chi connectivity index (χ2v) is 5.71. The fraction of sp³-hybridized carbons (Fsp3) is 0.400. The Hall–Kier alpha value is -1.72. The molecular formula is C15H16ClN3O2. The lowest BCUT2D eigenvalue weighted by atomic mass is 9.92. The fourth-order valence-corrected chi connectivity index (χ4v) is 3.04. The molecule has 2 aliphatic rings. The van der Waals surface area contributed by atoms with E-state index in [0.717, 1.165) is 25.9 Å². The van der Waals surface area contributed by atoms with Crippen LogP contribution in [0.1, 0.15) is 24.3 Å². The number of nitrogens with zero attached hydrogens (tertiary/aromatic N) is 1. The summed E-state index contributed by atoms with van der Waals surface area (Å²) in [6.07, 6.45) is 1.76. The second-order valence-electron chi connectivity index (χ2n) is 5.30. The van der Waals surface area contributed by atoms with Crippen LogP contribution in [0.2, 0.25) is 5.02 Å². The summed E-state index contributed by atoms with van der Waals surface area (Å²) in [5, 5.41) is 6.45. The Balaban J connectivity index is 1.87. The number of rotatable bonds is 2. The minimum Gasteiger partial charge on any atom is -0.317 e. The van der Waals surface area contributed by atoms with Gasteiger partial charge < -0.3 is 10.6 Å². The van der Waals surface area contributed by atoms with Crippen molar-refractivity contribution in [2.75, 3.05) is 13.1 Å². The molecule has 2 heterocycles. The zero-order chi connectivity index (χ0) is 14.8. The molecule has 1 atom stereocenters. The Morgan fingerprint density at radius 1 is 1.14 bits per heavy atom. The van der Waals surface area contributed by atoms with Crippen LogP contribution in [0, 0.1) is 5.92 Å². The van der Waals surface area contributed by atoms with Gasteiger partial charge in [-0.05, 0) is 37.6 Å². The number of amides is 2. The summed E-state index contributed by atoms with van der Waals surface area (Å²) in [6, 6.07) is 6.88. The third-order valence-corrected chi connectivity index (χ3v) is 4.28. The van der Waals surface area contributed by atoms with Gasteiger partial charge in [-0.3, -0.25) is 9.59 Å². The number of aliphatic imine (C=N–C) groups is 1. The molecule has 110 valence electrons. The molecule has 0 aromatic heterocycles. The Morgan fingerprint density at radius 2 is 1.86 bits per heavy atom. The van der Waals surface area contributed by atoms with E-state index in [-0.39, 0.29) is 11.8 Å². The van der Waals surface area contributed by atoms with Gasteiger partial charge in [0, 0.05) is 10.9 Å². The number of carbonyl (C=O) groups is 2. The van der Waals surface area contributed by atoms with Crippen molar-refractivity contribution in [3.8, 4) is 0 Å². The maximum atomic E-state index is 12.3. The zero-order valence-electron chi connectivity index (χ0n) is 11.4. The Morgan fingerprint density at radius 3 is 2.52 bits per heavy atom. The van der Waals surface area contributed by atoms with Gasteiger partial charge in [-0.15, -0.1) is 0 Å². The third-order valence-electron chi connectivity index (χ3n) is 3.93. The number of amidine groups is 1. The number of benzene rings is 1. The first-order chi connectivity index (χ1) is 10.2. The molecule has 21 heavy (non-hydrogen) atoms. The molecule has 0 radical (unpaired) electrons. The van der Waals surface area contributed by atoms with Crippen molar-refractivity contribution in [1.29, 1.82) is 0 Å². The van der Waals surface area contributed by atoms with Gasteiger partial charge in [-0.1, -0.05) is 29.8 Å². The van der Waals surface area contributed by atoms with Crippen LogP contribution in [0.5, 0.6) is 0 Å². The van der Waals surface area contributed by atoms with Crippen molar-refractivity contribution in [3.63, 3.8) is 0 Å². The number of halogens is 1. The smallest absolute Gasteiger partial charge is 0.264 e. The van der Waals surface area contributed by atoms with E-state index in [4.69, 9.17) is 11.6 Å². The minimum absolute atomic E-state index is 0.145. The van der Waals surface area contributed by atoms with Gasteiger partial charge in [0.2, 0.25) is 5.91 Å². The first-order valence-corrected chi connectivity index (χ1v) is 7.43. The van der Waals surface area contributed by atoms with Crippen LogP contribution >= 0.6 is 11.6 Å². The van der Waals surface area contributed by atoms with Gasteiger partial charge in [0.05, 0.1) is 0 Å². The molecule has 6 heteroatoms. The van der Waals surface area contributed by atoms with Crippen LogP contribution in [0.3, 0.4) is 0 Å². The van der Waals surface area contributed by atoms with E-state index in [9.17, 15) is 9.59 Å². The summed E-state index contributed by atoms with van der Waals surface area (Å²) in [4.78, 5) is 28.7. The molecule has 1 fully saturated rings.